The number of urea groups is 1. The van der Waals surface area contributed by atoms with Gasteiger partial charge in [-0.25, -0.2) is 4.79 Å². The SMILES string of the molecule is CCC(CNC(=O)N1CC(C)OC(C)C1)CC(=O)O. The molecule has 0 aromatic heterocycles. The van der Waals surface area contributed by atoms with E-state index < -0.39 is 5.97 Å². The highest BCUT2D eigenvalue weighted by Gasteiger charge is 2.26. The number of nitrogens with zero attached hydrogens (tertiary/aromatic N) is 1. The van der Waals surface area contributed by atoms with Gasteiger partial charge in [0, 0.05) is 26.1 Å². The third-order valence-corrected chi connectivity index (χ3v) is 3.29. The minimum Gasteiger partial charge on any atom is -0.481 e. The first-order valence-electron chi connectivity index (χ1n) is 6.82. The molecule has 1 fully saturated rings. The molecule has 0 saturated carbocycles. The Kier molecular flexibility index (Phi) is 6.08. The highest BCUT2D eigenvalue weighted by atomic mass is 16.5. The van der Waals surface area contributed by atoms with Gasteiger partial charge in [-0.3, -0.25) is 4.79 Å². The van der Waals surface area contributed by atoms with Gasteiger partial charge in [-0.1, -0.05) is 13.3 Å². The zero-order valence-electron chi connectivity index (χ0n) is 11.9. The van der Waals surface area contributed by atoms with Crippen molar-refractivity contribution in [2.24, 2.45) is 5.92 Å². The van der Waals surface area contributed by atoms with Crippen molar-refractivity contribution in [1.29, 1.82) is 0 Å². The summed E-state index contributed by atoms with van der Waals surface area (Å²) in [4.78, 5) is 24.4. The van der Waals surface area contributed by atoms with E-state index in [0.717, 1.165) is 6.42 Å². The Morgan fingerprint density at radius 3 is 2.42 bits per heavy atom. The second-order valence-corrected chi connectivity index (χ2v) is 5.22. The fraction of sp³-hybridized carbons (Fsp3) is 0.846. The van der Waals surface area contributed by atoms with Gasteiger partial charge in [0.25, 0.3) is 0 Å². The van der Waals surface area contributed by atoms with Crippen LogP contribution in [0.5, 0.6) is 0 Å². The number of aliphatic carboxylic acids is 1. The molecular formula is C13H24N2O4. The summed E-state index contributed by atoms with van der Waals surface area (Å²) in [6, 6.07) is -0.133. The molecule has 19 heavy (non-hydrogen) atoms. The van der Waals surface area contributed by atoms with Crippen molar-refractivity contribution in [3.8, 4) is 0 Å². The van der Waals surface area contributed by atoms with E-state index in [0.29, 0.717) is 19.6 Å². The number of carbonyl (C=O) groups excluding carboxylic acids is 1. The van der Waals surface area contributed by atoms with Crippen molar-refractivity contribution in [3.63, 3.8) is 0 Å². The molecule has 0 radical (unpaired) electrons. The van der Waals surface area contributed by atoms with Crippen LogP contribution < -0.4 is 5.32 Å². The van der Waals surface area contributed by atoms with E-state index in [2.05, 4.69) is 5.32 Å². The van der Waals surface area contributed by atoms with Crippen molar-refractivity contribution in [2.45, 2.75) is 45.8 Å². The van der Waals surface area contributed by atoms with Crippen LogP contribution in [0.2, 0.25) is 0 Å². The summed E-state index contributed by atoms with van der Waals surface area (Å²) in [7, 11) is 0. The topological polar surface area (TPSA) is 78.9 Å². The Morgan fingerprint density at radius 1 is 1.37 bits per heavy atom. The minimum absolute atomic E-state index is 0.0164. The van der Waals surface area contributed by atoms with Crippen LogP contribution in [-0.2, 0) is 9.53 Å². The van der Waals surface area contributed by atoms with E-state index in [-0.39, 0.29) is 30.6 Å². The van der Waals surface area contributed by atoms with Gasteiger partial charge in [-0.15, -0.1) is 0 Å². The molecule has 6 heteroatoms. The Balaban J connectivity index is 2.39. The Bertz CT molecular complexity index is 312. The zero-order valence-corrected chi connectivity index (χ0v) is 11.9. The number of hydrogen-bond donors (Lipinski definition) is 2. The van der Waals surface area contributed by atoms with E-state index in [1.807, 2.05) is 20.8 Å². The average Bonchev–Trinajstić information content (AvgIpc) is 2.32. The van der Waals surface area contributed by atoms with Crippen LogP contribution in [0.25, 0.3) is 0 Å². The molecule has 0 bridgehead atoms. The molecule has 2 N–H and O–H groups in total. The van der Waals surface area contributed by atoms with Crippen molar-refractivity contribution < 1.29 is 19.4 Å². The lowest BCUT2D eigenvalue weighted by Crippen LogP contribution is -2.52. The fourth-order valence-electron chi connectivity index (χ4n) is 2.29. The number of carboxylic acids is 1. The van der Waals surface area contributed by atoms with Gasteiger partial charge in [-0.2, -0.15) is 0 Å². The Hall–Kier alpha value is -1.30. The first-order chi connectivity index (χ1) is 8.92. The van der Waals surface area contributed by atoms with Gasteiger partial charge in [0.1, 0.15) is 0 Å². The van der Waals surface area contributed by atoms with Gasteiger partial charge in [0.15, 0.2) is 0 Å². The molecule has 110 valence electrons. The summed E-state index contributed by atoms with van der Waals surface area (Å²) < 4.78 is 5.57. The summed E-state index contributed by atoms with van der Waals surface area (Å²) in [5, 5.41) is 11.6. The third kappa shape index (κ3) is 5.46. The van der Waals surface area contributed by atoms with Gasteiger partial charge >= 0.3 is 12.0 Å². The molecule has 2 amide bonds. The van der Waals surface area contributed by atoms with Crippen molar-refractivity contribution >= 4 is 12.0 Å². The van der Waals surface area contributed by atoms with Crippen molar-refractivity contribution in [3.05, 3.63) is 0 Å². The normalized spacial score (nSPS) is 24.9. The van der Waals surface area contributed by atoms with Crippen LogP contribution in [0.3, 0.4) is 0 Å². The number of nitrogens with one attached hydrogen (secondary N) is 1. The Labute approximate surface area is 114 Å². The lowest BCUT2D eigenvalue weighted by atomic mass is 10.0. The average molecular weight is 272 g/mol. The number of ether oxygens (including phenoxy) is 1. The van der Waals surface area contributed by atoms with Crippen molar-refractivity contribution in [2.75, 3.05) is 19.6 Å². The summed E-state index contributed by atoms with van der Waals surface area (Å²) in [6.45, 7) is 7.36. The number of carbonyl (C=O) groups is 2. The van der Waals surface area contributed by atoms with Crippen LogP contribution >= 0.6 is 0 Å². The summed E-state index contributed by atoms with van der Waals surface area (Å²) in [5.41, 5.74) is 0. The third-order valence-electron chi connectivity index (χ3n) is 3.29. The van der Waals surface area contributed by atoms with Crippen LogP contribution in [0.1, 0.15) is 33.6 Å². The lowest BCUT2D eigenvalue weighted by Gasteiger charge is -2.35. The van der Waals surface area contributed by atoms with E-state index in [1.54, 1.807) is 4.90 Å². The molecule has 0 aliphatic carbocycles. The largest absolute Gasteiger partial charge is 0.481 e. The number of hydrogen-bond acceptors (Lipinski definition) is 3. The molecular weight excluding hydrogens is 248 g/mol. The van der Waals surface area contributed by atoms with E-state index in [9.17, 15) is 9.59 Å². The maximum Gasteiger partial charge on any atom is 0.317 e. The van der Waals surface area contributed by atoms with Crippen LogP contribution in [0.4, 0.5) is 4.79 Å². The molecule has 1 heterocycles. The molecule has 0 aromatic carbocycles. The van der Waals surface area contributed by atoms with E-state index >= 15 is 0 Å². The Morgan fingerprint density at radius 2 is 1.95 bits per heavy atom. The number of rotatable bonds is 5. The van der Waals surface area contributed by atoms with Gasteiger partial charge in [0.05, 0.1) is 12.2 Å². The molecule has 1 rings (SSSR count). The van der Waals surface area contributed by atoms with Gasteiger partial charge in [-0.05, 0) is 19.8 Å². The van der Waals surface area contributed by atoms with Crippen LogP contribution in [0, 0.1) is 5.92 Å². The minimum atomic E-state index is -0.824. The number of amides is 2. The molecule has 6 nitrogen and oxygen atoms in total. The smallest absolute Gasteiger partial charge is 0.317 e. The monoisotopic (exact) mass is 272 g/mol. The van der Waals surface area contributed by atoms with Crippen molar-refractivity contribution in [1.82, 2.24) is 10.2 Å². The predicted octanol–water partition coefficient (Wildman–Crippen LogP) is 1.31. The second-order valence-electron chi connectivity index (χ2n) is 5.22. The zero-order chi connectivity index (χ0) is 14.4. The molecule has 1 saturated heterocycles. The summed E-state index contributed by atoms with van der Waals surface area (Å²) in [6.07, 6.45) is 0.904. The predicted molar refractivity (Wildman–Crippen MR) is 71.0 cm³/mol. The second kappa shape index (κ2) is 7.33. The molecule has 1 aliphatic heterocycles. The highest BCUT2D eigenvalue weighted by molar-refractivity contribution is 5.74. The fourth-order valence-corrected chi connectivity index (χ4v) is 2.29. The molecule has 3 unspecified atom stereocenters. The highest BCUT2D eigenvalue weighted by Crippen LogP contribution is 2.11. The van der Waals surface area contributed by atoms with Crippen LogP contribution in [0.15, 0.2) is 0 Å². The first-order valence-corrected chi connectivity index (χ1v) is 6.82. The number of morpholine rings is 1. The van der Waals surface area contributed by atoms with Gasteiger partial charge in [0.2, 0.25) is 0 Å². The lowest BCUT2D eigenvalue weighted by molar-refractivity contribution is -0.138. The van der Waals surface area contributed by atoms with E-state index in [1.165, 1.54) is 0 Å². The first kappa shape index (κ1) is 15.8. The van der Waals surface area contributed by atoms with E-state index in [4.69, 9.17) is 9.84 Å². The molecule has 0 spiro atoms. The number of carboxylic acid groups (broad SMARTS) is 1. The summed E-state index contributed by atoms with van der Waals surface area (Å²) >= 11 is 0. The standard InChI is InChI=1S/C13H24N2O4/c1-4-11(5-12(16)17)6-14-13(18)15-7-9(2)19-10(3)8-15/h9-11H,4-8H2,1-3H3,(H,14,18)(H,16,17). The van der Waals surface area contributed by atoms with Gasteiger partial charge < -0.3 is 20.1 Å². The molecule has 1 aliphatic rings. The molecule has 0 aromatic rings. The quantitative estimate of drug-likeness (QED) is 0.791. The van der Waals surface area contributed by atoms with Crippen LogP contribution in [-0.4, -0.2) is 53.8 Å². The maximum atomic E-state index is 12.0. The maximum absolute atomic E-state index is 12.0. The molecule has 3 atom stereocenters. The summed E-state index contributed by atoms with van der Waals surface area (Å²) in [5.74, 6) is -0.841.